The molecule has 2 aromatic rings. The first-order valence-corrected chi connectivity index (χ1v) is 11.4. The van der Waals surface area contributed by atoms with Crippen LogP contribution in [-0.2, 0) is 0 Å². The molecule has 0 saturated heterocycles. The quantitative estimate of drug-likeness (QED) is 0.439. The van der Waals surface area contributed by atoms with E-state index in [1.807, 2.05) is 0 Å². The molecule has 1 aliphatic heterocycles. The van der Waals surface area contributed by atoms with Crippen LogP contribution >= 0.6 is 0 Å². The van der Waals surface area contributed by atoms with Crippen molar-refractivity contribution in [2.75, 3.05) is 14.1 Å². The molecule has 0 radical (unpaired) electrons. The van der Waals surface area contributed by atoms with Crippen molar-refractivity contribution >= 4 is 33.9 Å². The number of hydrogen-bond donors (Lipinski definition) is 0. The van der Waals surface area contributed by atoms with Crippen LogP contribution in [0.2, 0.25) is 0 Å². The minimum atomic E-state index is -0.430. The topological polar surface area (TPSA) is 3.01 Å². The Kier molecular flexibility index (Phi) is 5.39. The molecule has 0 unspecified atom stereocenters. The van der Waals surface area contributed by atoms with E-state index in [2.05, 4.69) is 116 Å². The van der Waals surface area contributed by atoms with Gasteiger partial charge in [0, 0.05) is 0 Å². The molecule has 1 heterocycles. The summed E-state index contributed by atoms with van der Waals surface area (Å²) in [6.45, 7) is 0. The number of benzene rings is 2. The van der Waals surface area contributed by atoms with E-state index in [0.717, 1.165) is 0 Å². The average Bonchev–Trinajstić information content (AvgIpc) is 2.75. The molecule has 4 rings (SSSR count). The van der Waals surface area contributed by atoms with Gasteiger partial charge in [-0.05, 0) is 0 Å². The van der Waals surface area contributed by atoms with Gasteiger partial charge in [0.15, 0.2) is 0 Å². The van der Waals surface area contributed by atoms with Gasteiger partial charge in [0.2, 0.25) is 0 Å². The molecule has 27 heavy (non-hydrogen) atoms. The average molecular weight is 464 g/mol. The molecule has 0 aromatic heterocycles. The van der Waals surface area contributed by atoms with Crippen LogP contribution in [0.25, 0.3) is 7.24 Å². The van der Waals surface area contributed by atoms with Crippen molar-refractivity contribution in [1.29, 1.82) is 0 Å². The molecule has 0 atom stereocenters. The van der Waals surface area contributed by atoms with Crippen molar-refractivity contribution in [3.63, 3.8) is 0 Å². The molecular formula is C25H22NTe+. The third kappa shape index (κ3) is 4.14. The molecule has 1 aliphatic carbocycles. The monoisotopic (exact) mass is 466 g/mol. The molecule has 0 spiro atoms. The Morgan fingerprint density at radius 3 is 1.52 bits per heavy atom. The van der Waals surface area contributed by atoms with Gasteiger partial charge in [0.05, 0.1) is 0 Å². The van der Waals surface area contributed by atoms with Gasteiger partial charge in [-0.2, -0.15) is 0 Å². The van der Waals surface area contributed by atoms with Crippen molar-refractivity contribution in [2.24, 2.45) is 0 Å². The summed E-state index contributed by atoms with van der Waals surface area (Å²) in [6.07, 6.45) is 13.6. The predicted molar refractivity (Wildman–Crippen MR) is 117 cm³/mol. The molecule has 1 nitrogen and oxygen atoms in total. The Morgan fingerprint density at radius 2 is 1.07 bits per heavy atom. The van der Waals surface area contributed by atoms with E-state index in [1.165, 1.54) is 35.2 Å². The van der Waals surface area contributed by atoms with Crippen molar-refractivity contribution < 1.29 is 4.58 Å². The zero-order chi connectivity index (χ0) is 18.6. The third-order valence-corrected chi connectivity index (χ3v) is 7.90. The molecule has 0 bridgehead atoms. The summed E-state index contributed by atoms with van der Waals surface area (Å²) in [4.78, 5) is 0. The first-order chi connectivity index (χ1) is 13.2. The van der Waals surface area contributed by atoms with Crippen LogP contribution in [-0.4, -0.2) is 45.3 Å². The molecule has 0 amide bonds. The van der Waals surface area contributed by atoms with E-state index in [4.69, 9.17) is 0 Å². The van der Waals surface area contributed by atoms with Crippen LogP contribution in [0.1, 0.15) is 11.1 Å². The molecule has 132 valence electrons. The van der Waals surface area contributed by atoms with E-state index in [0.29, 0.717) is 0 Å². The van der Waals surface area contributed by atoms with E-state index < -0.39 is 20.9 Å². The SMILES string of the molecule is C[N+](C)=C1C=CC(=C2C=C(c3ccccc3)[Te]C(c3ccccc3)=C2)C=C1. The summed E-state index contributed by atoms with van der Waals surface area (Å²) in [5.74, 6) is 0. The molecular weight excluding hydrogens is 442 g/mol. The van der Waals surface area contributed by atoms with Gasteiger partial charge < -0.3 is 0 Å². The second-order valence-corrected chi connectivity index (χ2v) is 9.84. The second kappa shape index (κ2) is 8.09. The van der Waals surface area contributed by atoms with Crippen LogP contribution in [0.15, 0.2) is 108 Å². The fourth-order valence-corrected chi connectivity index (χ4v) is 6.30. The summed E-state index contributed by atoms with van der Waals surface area (Å²) < 4.78 is 5.13. The van der Waals surface area contributed by atoms with Crippen LogP contribution in [0.4, 0.5) is 0 Å². The number of nitrogens with zero attached hydrogens (tertiary/aromatic N) is 1. The van der Waals surface area contributed by atoms with Gasteiger partial charge in [-0.25, -0.2) is 0 Å². The summed E-state index contributed by atoms with van der Waals surface area (Å²) >= 11 is -0.430. The normalized spacial score (nSPS) is 16.3. The standard InChI is InChI=1S/C25H22NTe/c1-26(2)23-15-13-19(14-16-23)22-17-24(20-9-5-3-6-10-20)27-25(18-22)21-11-7-4-8-12-21/h3-18H,1-2H3/q+1. The zero-order valence-electron chi connectivity index (χ0n) is 15.6. The Bertz CT molecular complexity index is 953. The van der Waals surface area contributed by atoms with Gasteiger partial charge in [0.25, 0.3) is 0 Å². The van der Waals surface area contributed by atoms with Crippen LogP contribution < -0.4 is 0 Å². The predicted octanol–water partition coefficient (Wildman–Crippen LogP) is 4.92. The molecule has 2 aromatic carbocycles. The van der Waals surface area contributed by atoms with Gasteiger partial charge in [-0.15, -0.1) is 0 Å². The minimum absolute atomic E-state index is 0.430. The maximum absolute atomic E-state index is 2.40. The summed E-state index contributed by atoms with van der Waals surface area (Å²) in [6, 6.07) is 21.6. The first-order valence-electron chi connectivity index (χ1n) is 9.07. The number of rotatable bonds is 2. The Labute approximate surface area is 171 Å². The fourth-order valence-electron chi connectivity index (χ4n) is 3.11. The van der Waals surface area contributed by atoms with Crippen molar-refractivity contribution in [2.45, 2.75) is 0 Å². The van der Waals surface area contributed by atoms with Crippen molar-refractivity contribution in [3.05, 3.63) is 119 Å². The van der Waals surface area contributed by atoms with Crippen molar-refractivity contribution in [3.8, 4) is 0 Å². The summed E-state index contributed by atoms with van der Waals surface area (Å²) in [5, 5.41) is 0. The summed E-state index contributed by atoms with van der Waals surface area (Å²) in [5.41, 5.74) is 6.50. The fraction of sp³-hybridized carbons (Fsp3) is 0.0800. The van der Waals surface area contributed by atoms with Gasteiger partial charge in [-0.3, -0.25) is 0 Å². The molecule has 0 saturated carbocycles. The summed E-state index contributed by atoms with van der Waals surface area (Å²) in [7, 11) is 4.16. The van der Waals surface area contributed by atoms with Crippen molar-refractivity contribution in [1.82, 2.24) is 0 Å². The molecule has 0 fully saturated rings. The second-order valence-electron chi connectivity index (χ2n) is 6.75. The van der Waals surface area contributed by atoms with E-state index >= 15 is 0 Å². The zero-order valence-corrected chi connectivity index (χ0v) is 17.9. The van der Waals surface area contributed by atoms with E-state index in [-0.39, 0.29) is 0 Å². The van der Waals surface area contributed by atoms with Gasteiger partial charge in [-0.1, -0.05) is 0 Å². The van der Waals surface area contributed by atoms with Gasteiger partial charge in [0.1, 0.15) is 0 Å². The number of allylic oxidation sites excluding steroid dienone is 8. The number of hydrogen-bond acceptors (Lipinski definition) is 0. The van der Waals surface area contributed by atoms with E-state index in [1.54, 1.807) is 0 Å². The Morgan fingerprint density at radius 1 is 0.593 bits per heavy atom. The van der Waals surface area contributed by atoms with Crippen LogP contribution in [0.3, 0.4) is 0 Å². The molecule has 2 heteroatoms. The van der Waals surface area contributed by atoms with Crippen LogP contribution in [0, 0.1) is 0 Å². The third-order valence-electron chi connectivity index (χ3n) is 4.63. The van der Waals surface area contributed by atoms with Gasteiger partial charge >= 0.3 is 172 Å². The van der Waals surface area contributed by atoms with E-state index in [9.17, 15) is 0 Å². The van der Waals surface area contributed by atoms with Crippen LogP contribution in [0.5, 0.6) is 0 Å². The molecule has 0 N–H and O–H groups in total. The first kappa shape index (κ1) is 18.0. The Balaban J connectivity index is 1.81. The molecule has 2 aliphatic rings. The Hall–Kier alpha value is -2.40. The maximum atomic E-state index is 2.40.